The summed E-state index contributed by atoms with van der Waals surface area (Å²) in [6.45, 7) is 29.6. The predicted molar refractivity (Wildman–Crippen MR) is 210 cm³/mol. The summed E-state index contributed by atoms with van der Waals surface area (Å²) in [5.41, 5.74) is 2.82. The molecule has 0 aromatic heterocycles. The molecule has 0 spiro atoms. The highest BCUT2D eigenvalue weighted by atomic mass is 16.7. The first kappa shape index (κ1) is 51.5. The summed E-state index contributed by atoms with van der Waals surface area (Å²) in [6, 6.07) is 0. The number of rotatable bonds is 17. The van der Waals surface area contributed by atoms with E-state index in [4.69, 9.17) is 9.47 Å². The molecule has 0 saturated carbocycles. The fourth-order valence-corrected chi connectivity index (χ4v) is 4.48. The topological polar surface area (TPSA) is 52.6 Å². The lowest BCUT2D eigenvalue weighted by atomic mass is 9.82. The molecule has 0 radical (unpaired) electrons. The molecule has 0 aromatic rings. The monoisotopic (exact) mass is 661 g/mol. The molecule has 0 bridgehead atoms. The zero-order chi connectivity index (χ0) is 36.9. The zero-order valence-electron chi connectivity index (χ0n) is 33.8. The second-order valence-electron chi connectivity index (χ2n) is 12.1. The minimum atomic E-state index is 0.278. The van der Waals surface area contributed by atoms with Crippen LogP contribution in [0.5, 0.6) is 0 Å². The predicted octanol–water partition coefficient (Wildman–Crippen LogP) is 14.1. The number of carbonyl (C=O) groups excluding carboxylic acids is 2. The number of carbonyl (C=O) groups is 2. The van der Waals surface area contributed by atoms with Gasteiger partial charge in [-0.1, -0.05) is 131 Å². The Labute approximate surface area is 294 Å². The number of allylic oxidation sites excluding steroid dienone is 10. The van der Waals surface area contributed by atoms with Gasteiger partial charge in [0.15, 0.2) is 0 Å². The van der Waals surface area contributed by atoms with E-state index in [0.717, 1.165) is 55.8 Å². The van der Waals surface area contributed by atoms with Gasteiger partial charge >= 0.3 is 0 Å². The molecule has 3 unspecified atom stereocenters. The van der Waals surface area contributed by atoms with Crippen LogP contribution in [0.2, 0.25) is 0 Å². The van der Waals surface area contributed by atoms with Gasteiger partial charge in [0.1, 0.15) is 12.1 Å². The van der Waals surface area contributed by atoms with Crippen molar-refractivity contribution in [1.82, 2.24) is 0 Å². The summed E-state index contributed by atoms with van der Waals surface area (Å²) in [4.78, 5) is 20.3. The lowest BCUT2D eigenvalue weighted by Crippen LogP contribution is -2.10. The molecule has 4 heteroatoms. The molecular formula is C43H80O4. The van der Waals surface area contributed by atoms with Gasteiger partial charge in [0, 0.05) is 18.8 Å². The van der Waals surface area contributed by atoms with Gasteiger partial charge in [-0.15, -0.1) is 0 Å². The van der Waals surface area contributed by atoms with Crippen LogP contribution in [0.25, 0.3) is 0 Å². The largest absolute Gasteiger partial charge is 0.462 e. The Hall–Kier alpha value is -2.36. The molecule has 276 valence electrons. The smallest absolute Gasteiger partial charge is 0.229 e. The van der Waals surface area contributed by atoms with Crippen LogP contribution in [0, 0.1) is 17.8 Å². The van der Waals surface area contributed by atoms with Crippen molar-refractivity contribution in [2.24, 2.45) is 17.8 Å². The van der Waals surface area contributed by atoms with E-state index in [-0.39, 0.29) is 12.7 Å². The van der Waals surface area contributed by atoms with Crippen molar-refractivity contribution < 1.29 is 19.1 Å². The SMILES string of the molecule is C/C=C\C=C(/C)CCC(CC)CC(CC)C1=C/C=C(\C)OCO\C(C)=C\1.CC.CCC(=O)C(C)CC.CCCCC.CCCCC=O. The highest BCUT2D eigenvalue weighted by Gasteiger charge is 2.17. The third kappa shape index (κ3) is 34.8. The van der Waals surface area contributed by atoms with Crippen molar-refractivity contribution in [2.75, 3.05) is 6.79 Å². The maximum absolute atomic E-state index is 10.7. The number of ketones is 1. The standard InChI is InChI=1S/C24H38O2.C7H14O.C5H10O.C5H12.C2H6/c1-7-10-11-19(4)12-14-22(8-2)17-23(9-3)24-15-13-20(5)25-18-26-21(6)16-24;1-4-6(3)7(8)5-2;1-2-3-4-5-6;1-3-5-4-2;1-2/h7,10-11,13,15-16,22-23H,8-9,12,14,17-18H2,1-6H3;6H,4-5H2,1-3H3;5H,2-4H2,1H3;3-5H2,1-2H3;1-2H3/b10-7-,19-11+,20-13+,21-16+,24-15+;;;;. The van der Waals surface area contributed by atoms with E-state index < -0.39 is 0 Å². The fourth-order valence-electron chi connectivity index (χ4n) is 4.48. The summed E-state index contributed by atoms with van der Waals surface area (Å²) < 4.78 is 11.2. The van der Waals surface area contributed by atoms with Gasteiger partial charge in [0.25, 0.3) is 0 Å². The first-order valence-corrected chi connectivity index (χ1v) is 19.1. The molecule has 0 aromatic carbocycles. The Morgan fingerprint density at radius 1 is 0.872 bits per heavy atom. The Balaban J connectivity index is -0.000000356. The summed E-state index contributed by atoms with van der Waals surface area (Å²) >= 11 is 0. The lowest BCUT2D eigenvalue weighted by molar-refractivity contribution is -0.122. The third-order valence-corrected chi connectivity index (χ3v) is 8.03. The van der Waals surface area contributed by atoms with Crippen molar-refractivity contribution in [3.63, 3.8) is 0 Å². The van der Waals surface area contributed by atoms with Crippen molar-refractivity contribution in [1.29, 1.82) is 0 Å². The average molecular weight is 661 g/mol. The summed E-state index contributed by atoms with van der Waals surface area (Å²) in [7, 11) is 0. The van der Waals surface area contributed by atoms with E-state index in [9.17, 15) is 9.59 Å². The Morgan fingerprint density at radius 2 is 1.47 bits per heavy atom. The van der Waals surface area contributed by atoms with Crippen LogP contribution in [0.3, 0.4) is 0 Å². The molecule has 4 nitrogen and oxygen atoms in total. The maximum atomic E-state index is 10.7. The number of unbranched alkanes of at least 4 members (excludes halogenated alkanes) is 4. The number of hydrogen-bond donors (Lipinski definition) is 0. The van der Waals surface area contributed by atoms with Gasteiger partial charge in [-0.25, -0.2) is 0 Å². The molecule has 0 fully saturated rings. The van der Waals surface area contributed by atoms with Gasteiger partial charge in [-0.05, 0) is 95.8 Å². The van der Waals surface area contributed by atoms with E-state index in [1.807, 2.05) is 48.5 Å². The van der Waals surface area contributed by atoms with Gasteiger partial charge in [0.2, 0.25) is 6.79 Å². The van der Waals surface area contributed by atoms with Gasteiger partial charge < -0.3 is 14.3 Å². The molecule has 0 amide bonds. The highest BCUT2D eigenvalue weighted by molar-refractivity contribution is 5.80. The van der Waals surface area contributed by atoms with Gasteiger partial charge in [0.05, 0.1) is 11.5 Å². The molecule has 3 atom stereocenters. The molecule has 1 aliphatic heterocycles. The Kier molecular flexibility index (Phi) is 43.6. The summed E-state index contributed by atoms with van der Waals surface area (Å²) in [5.74, 6) is 3.79. The van der Waals surface area contributed by atoms with Crippen molar-refractivity contribution in [3.8, 4) is 0 Å². The number of ether oxygens (including phenoxy) is 2. The van der Waals surface area contributed by atoms with E-state index in [1.165, 1.54) is 56.1 Å². The summed E-state index contributed by atoms with van der Waals surface area (Å²) in [6.07, 6.45) is 28.6. The van der Waals surface area contributed by atoms with Crippen LogP contribution >= 0.6 is 0 Å². The van der Waals surface area contributed by atoms with Crippen LogP contribution in [0.4, 0.5) is 0 Å². The average Bonchev–Trinajstić information content (AvgIpc) is 3.17. The Bertz CT molecular complexity index is 857. The van der Waals surface area contributed by atoms with Crippen LogP contribution in [0.15, 0.2) is 59.1 Å². The lowest BCUT2D eigenvalue weighted by Gasteiger charge is -2.23. The molecule has 0 saturated heterocycles. The molecule has 1 heterocycles. The van der Waals surface area contributed by atoms with Gasteiger partial charge in [-0.2, -0.15) is 0 Å². The van der Waals surface area contributed by atoms with E-state index >= 15 is 0 Å². The maximum Gasteiger partial charge on any atom is 0.229 e. The van der Waals surface area contributed by atoms with Crippen LogP contribution in [-0.4, -0.2) is 18.9 Å². The van der Waals surface area contributed by atoms with Crippen molar-refractivity contribution in [2.45, 2.75) is 180 Å². The minimum absolute atomic E-state index is 0.278. The van der Waals surface area contributed by atoms with Crippen LogP contribution in [0.1, 0.15) is 180 Å². The van der Waals surface area contributed by atoms with E-state index in [0.29, 0.717) is 18.1 Å². The summed E-state index contributed by atoms with van der Waals surface area (Å²) in [5, 5.41) is 0. The first-order chi connectivity index (χ1) is 22.5. The first-order valence-electron chi connectivity index (χ1n) is 19.1. The minimum Gasteiger partial charge on any atom is -0.462 e. The Morgan fingerprint density at radius 3 is 1.87 bits per heavy atom. The quantitative estimate of drug-likeness (QED) is 0.0885. The fraction of sp³-hybridized carbons (Fsp3) is 0.721. The van der Waals surface area contributed by atoms with E-state index in [2.05, 4.69) is 84.9 Å². The molecule has 0 N–H and O–H groups in total. The molecule has 1 aliphatic rings. The molecule has 0 aliphatic carbocycles. The number of Topliss-reactive ketones (excluding diaryl/α,β-unsaturated/α-hetero) is 1. The molecular weight excluding hydrogens is 580 g/mol. The third-order valence-electron chi connectivity index (χ3n) is 8.03. The van der Waals surface area contributed by atoms with Crippen LogP contribution in [-0.2, 0) is 19.1 Å². The van der Waals surface area contributed by atoms with E-state index in [1.54, 1.807) is 0 Å². The van der Waals surface area contributed by atoms with Crippen LogP contribution < -0.4 is 0 Å². The normalized spacial score (nSPS) is 17.9. The van der Waals surface area contributed by atoms with Crippen molar-refractivity contribution >= 4 is 12.1 Å². The zero-order valence-corrected chi connectivity index (χ0v) is 33.8. The second kappa shape index (κ2) is 39.8. The number of hydrogen-bond acceptors (Lipinski definition) is 4. The van der Waals surface area contributed by atoms with Gasteiger partial charge in [-0.3, -0.25) is 4.79 Å². The number of aldehydes is 1. The molecule has 47 heavy (non-hydrogen) atoms. The second-order valence-corrected chi connectivity index (χ2v) is 12.1. The van der Waals surface area contributed by atoms with Crippen molar-refractivity contribution in [3.05, 3.63) is 59.1 Å². The molecule has 1 rings (SSSR count). The highest BCUT2D eigenvalue weighted by Crippen LogP contribution is 2.31.